The van der Waals surface area contributed by atoms with E-state index in [0.717, 1.165) is 6.54 Å². The molecule has 0 spiro atoms. The number of nitrogens with one attached hydrogen (secondary N) is 2. The summed E-state index contributed by atoms with van der Waals surface area (Å²) in [5, 5.41) is 6.09. The molecule has 0 saturated heterocycles. The highest BCUT2D eigenvalue weighted by Gasteiger charge is 2.07. The van der Waals surface area contributed by atoms with Crippen molar-refractivity contribution in [1.29, 1.82) is 0 Å². The third kappa shape index (κ3) is 5.82. The summed E-state index contributed by atoms with van der Waals surface area (Å²) >= 11 is 0. The number of carbonyl (C=O) groups excluding carboxylic acids is 1. The van der Waals surface area contributed by atoms with Crippen molar-refractivity contribution in [2.45, 2.75) is 26.7 Å². The van der Waals surface area contributed by atoms with Crippen molar-refractivity contribution in [1.82, 2.24) is 10.6 Å². The van der Waals surface area contributed by atoms with Crippen molar-refractivity contribution in [2.75, 3.05) is 19.6 Å². The summed E-state index contributed by atoms with van der Waals surface area (Å²) in [6.07, 6.45) is 0. The number of carbonyl (C=O) groups is 1. The summed E-state index contributed by atoms with van der Waals surface area (Å²) in [5.41, 5.74) is 1.26. The predicted octanol–water partition coefficient (Wildman–Crippen LogP) is 2.15. The lowest BCUT2D eigenvalue weighted by molar-refractivity contribution is -0.120. The minimum absolute atomic E-state index is 0.0680. The molecule has 1 rings (SSSR count). The molecule has 0 heterocycles. The summed E-state index contributed by atoms with van der Waals surface area (Å²) < 4.78 is 0. The number of benzene rings is 1. The van der Waals surface area contributed by atoms with Gasteiger partial charge in [0.2, 0.25) is 5.91 Å². The highest BCUT2D eigenvalue weighted by Crippen LogP contribution is 2.12. The first kappa shape index (κ1) is 14.7. The largest absolute Gasteiger partial charge is 0.354 e. The number of rotatable bonds is 7. The molecule has 0 aromatic heterocycles. The molecule has 0 fully saturated rings. The Balaban J connectivity index is 2.22. The molecule has 1 amide bonds. The Kier molecular flexibility index (Phi) is 6.44. The van der Waals surface area contributed by atoms with Crippen molar-refractivity contribution in [3.63, 3.8) is 0 Å². The molecule has 0 radical (unpaired) electrons. The van der Waals surface area contributed by atoms with Crippen LogP contribution in [0.4, 0.5) is 0 Å². The van der Waals surface area contributed by atoms with Crippen molar-refractivity contribution in [3.8, 4) is 0 Å². The van der Waals surface area contributed by atoms with Crippen LogP contribution in [-0.4, -0.2) is 25.5 Å². The van der Waals surface area contributed by atoms with Gasteiger partial charge in [0.25, 0.3) is 0 Å². The quantitative estimate of drug-likeness (QED) is 0.776. The van der Waals surface area contributed by atoms with Crippen LogP contribution in [0.2, 0.25) is 0 Å². The molecule has 0 saturated carbocycles. The van der Waals surface area contributed by atoms with E-state index in [1.54, 1.807) is 0 Å². The van der Waals surface area contributed by atoms with Crippen LogP contribution in [0.1, 0.15) is 32.3 Å². The molecule has 18 heavy (non-hydrogen) atoms. The second-order valence-electron chi connectivity index (χ2n) is 5.14. The summed E-state index contributed by atoms with van der Waals surface area (Å²) in [4.78, 5) is 11.6. The van der Waals surface area contributed by atoms with Gasteiger partial charge in [0.05, 0.1) is 6.54 Å². The first-order valence-electron chi connectivity index (χ1n) is 6.62. The molecule has 2 N–H and O–H groups in total. The van der Waals surface area contributed by atoms with Crippen molar-refractivity contribution in [2.24, 2.45) is 5.92 Å². The van der Waals surface area contributed by atoms with E-state index in [4.69, 9.17) is 0 Å². The van der Waals surface area contributed by atoms with Crippen molar-refractivity contribution < 1.29 is 4.79 Å². The maximum atomic E-state index is 11.6. The first-order chi connectivity index (χ1) is 8.59. The lowest BCUT2D eigenvalue weighted by Crippen LogP contribution is -2.36. The van der Waals surface area contributed by atoms with Crippen LogP contribution in [0.5, 0.6) is 0 Å². The van der Waals surface area contributed by atoms with Gasteiger partial charge in [-0.1, -0.05) is 51.1 Å². The van der Waals surface area contributed by atoms with Gasteiger partial charge in [0.15, 0.2) is 0 Å². The Morgan fingerprint density at radius 1 is 1.11 bits per heavy atom. The summed E-state index contributed by atoms with van der Waals surface area (Å²) in [7, 11) is 0. The smallest absolute Gasteiger partial charge is 0.233 e. The van der Waals surface area contributed by atoms with Crippen LogP contribution >= 0.6 is 0 Å². The van der Waals surface area contributed by atoms with Crippen LogP contribution in [0.15, 0.2) is 30.3 Å². The highest BCUT2D eigenvalue weighted by atomic mass is 16.1. The fraction of sp³-hybridized carbons (Fsp3) is 0.533. The standard InChI is InChI=1S/C15H24N2O/c1-12(2)9-16-11-15(18)17-10-13(3)14-7-5-4-6-8-14/h4-8,12-13,16H,9-11H2,1-3H3,(H,17,18). The van der Waals surface area contributed by atoms with E-state index in [1.807, 2.05) is 18.2 Å². The predicted molar refractivity (Wildman–Crippen MR) is 75.6 cm³/mol. The van der Waals surface area contributed by atoms with Crippen molar-refractivity contribution in [3.05, 3.63) is 35.9 Å². The molecular weight excluding hydrogens is 224 g/mol. The third-order valence-corrected chi connectivity index (χ3v) is 2.81. The summed E-state index contributed by atoms with van der Waals surface area (Å²) in [5.74, 6) is 0.986. The maximum Gasteiger partial charge on any atom is 0.233 e. The zero-order valence-corrected chi connectivity index (χ0v) is 11.6. The van der Waals surface area contributed by atoms with Gasteiger partial charge in [-0.05, 0) is 23.9 Å². The number of hydrogen-bond donors (Lipinski definition) is 2. The van der Waals surface area contributed by atoms with E-state index in [-0.39, 0.29) is 5.91 Å². The molecule has 1 unspecified atom stereocenters. The minimum Gasteiger partial charge on any atom is -0.354 e. The second-order valence-corrected chi connectivity index (χ2v) is 5.14. The van der Waals surface area contributed by atoms with Crippen molar-refractivity contribution >= 4 is 5.91 Å². The van der Waals surface area contributed by atoms with E-state index in [1.165, 1.54) is 5.56 Å². The maximum absolute atomic E-state index is 11.6. The van der Waals surface area contributed by atoms with Gasteiger partial charge < -0.3 is 10.6 Å². The number of amides is 1. The van der Waals surface area contributed by atoms with Crippen LogP contribution in [-0.2, 0) is 4.79 Å². The highest BCUT2D eigenvalue weighted by molar-refractivity contribution is 5.78. The molecule has 1 atom stereocenters. The Morgan fingerprint density at radius 2 is 1.78 bits per heavy atom. The van der Waals surface area contributed by atoms with Gasteiger partial charge in [0.1, 0.15) is 0 Å². The zero-order valence-electron chi connectivity index (χ0n) is 11.6. The Morgan fingerprint density at radius 3 is 2.39 bits per heavy atom. The van der Waals surface area contributed by atoms with Gasteiger partial charge in [-0.2, -0.15) is 0 Å². The molecule has 0 aliphatic carbocycles. The van der Waals surface area contributed by atoms with Crippen LogP contribution in [0.3, 0.4) is 0 Å². The summed E-state index contributed by atoms with van der Waals surface area (Å²) in [6, 6.07) is 10.2. The molecule has 1 aromatic rings. The van der Waals surface area contributed by atoms with Crippen LogP contribution < -0.4 is 10.6 Å². The fourth-order valence-corrected chi connectivity index (χ4v) is 1.70. The second kappa shape index (κ2) is 7.88. The van der Waals surface area contributed by atoms with E-state index < -0.39 is 0 Å². The van der Waals surface area contributed by atoms with Crippen LogP contribution in [0.25, 0.3) is 0 Å². The van der Waals surface area contributed by atoms with Gasteiger partial charge in [-0.3, -0.25) is 4.79 Å². The average molecular weight is 248 g/mol. The van der Waals surface area contributed by atoms with E-state index in [2.05, 4.69) is 43.5 Å². The summed E-state index contributed by atoms with van der Waals surface area (Å²) in [6.45, 7) is 8.34. The van der Waals surface area contributed by atoms with Crippen LogP contribution in [0, 0.1) is 5.92 Å². The third-order valence-electron chi connectivity index (χ3n) is 2.81. The lowest BCUT2D eigenvalue weighted by atomic mass is 10.0. The molecule has 0 aliphatic rings. The van der Waals surface area contributed by atoms with E-state index >= 15 is 0 Å². The molecule has 0 bridgehead atoms. The minimum atomic E-state index is 0.0680. The van der Waals surface area contributed by atoms with Gasteiger partial charge in [0, 0.05) is 6.54 Å². The Hall–Kier alpha value is -1.35. The van der Waals surface area contributed by atoms with Gasteiger partial charge in [-0.15, -0.1) is 0 Å². The van der Waals surface area contributed by atoms with E-state index in [9.17, 15) is 4.79 Å². The first-order valence-corrected chi connectivity index (χ1v) is 6.62. The van der Waals surface area contributed by atoms with Gasteiger partial charge >= 0.3 is 0 Å². The topological polar surface area (TPSA) is 41.1 Å². The lowest BCUT2D eigenvalue weighted by Gasteiger charge is -2.13. The average Bonchev–Trinajstić information content (AvgIpc) is 2.36. The molecular formula is C15H24N2O. The Bertz CT molecular complexity index is 349. The monoisotopic (exact) mass is 248 g/mol. The molecule has 3 heteroatoms. The fourth-order valence-electron chi connectivity index (χ4n) is 1.70. The Labute approximate surface area is 110 Å². The molecule has 1 aromatic carbocycles. The molecule has 0 aliphatic heterocycles. The number of hydrogen-bond acceptors (Lipinski definition) is 2. The molecule has 3 nitrogen and oxygen atoms in total. The zero-order chi connectivity index (χ0) is 13.4. The molecule has 100 valence electrons. The van der Waals surface area contributed by atoms with Gasteiger partial charge in [-0.25, -0.2) is 0 Å². The van der Waals surface area contributed by atoms with E-state index in [0.29, 0.717) is 24.9 Å². The normalized spacial score (nSPS) is 12.4. The SMILES string of the molecule is CC(C)CNCC(=O)NCC(C)c1ccccc1.